The predicted octanol–water partition coefficient (Wildman–Crippen LogP) is 20.2. The Morgan fingerprint density at radius 2 is 0.654 bits per heavy atom. The summed E-state index contributed by atoms with van der Waals surface area (Å²) >= 11 is 0. The Labute approximate surface area is 643 Å². The van der Waals surface area contributed by atoms with Crippen LogP contribution in [-0.2, 0) is 114 Å². The van der Waals surface area contributed by atoms with Crippen LogP contribution in [0.15, 0.2) is 152 Å². The molecule has 4 atom stereocenters. The van der Waals surface area contributed by atoms with Crippen LogP contribution in [0.1, 0.15) is 244 Å². The molecule has 0 saturated heterocycles. The molecule has 6 nitrogen and oxygen atoms in total. The number of aromatic nitrogens is 5. The fourth-order valence-corrected chi connectivity index (χ4v) is 22.9. The molecule has 4 unspecified atom stereocenters. The first-order chi connectivity index (χ1) is 51.3. The van der Waals surface area contributed by atoms with E-state index in [1.54, 1.807) is 72.8 Å². The largest absolute Gasteiger partial charge is 0.365 e. The third-order valence-corrected chi connectivity index (χ3v) is 29.0. The molecule has 0 fully saturated rings. The number of hydrogen-bond acceptors (Lipinski definition) is 1. The second-order valence-electron chi connectivity index (χ2n) is 36.8. The Kier molecular flexibility index (Phi) is 19.0. The molecule has 7 heterocycles. The van der Waals surface area contributed by atoms with Crippen molar-refractivity contribution in [2.75, 3.05) is 18.0 Å². The van der Waals surface area contributed by atoms with Crippen molar-refractivity contribution in [1.29, 1.82) is 0 Å². The van der Waals surface area contributed by atoms with Crippen molar-refractivity contribution in [2.24, 2.45) is 35.2 Å². The van der Waals surface area contributed by atoms with Crippen LogP contribution in [0.2, 0.25) is 0 Å². The number of aryl methyl sites for hydroxylation is 8. The van der Waals surface area contributed by atoms with E-state index < -0.39 is 0 Å². The molecule has 107 heavy (non-hydrogen) atoms. The molecule has 552 valence electrons. The minimum absolute atomic E-state index is 0.251. The lowest BCUT2D eigenvalue weighted by Crippen LogP contribution is -2.49. The zero-order valence-corrected chi connectivity index (χ0v) is 68.5. The van der Waals surface area contributed by atoms with Crippen LogP contribution < -0.4 is 27.7 Å². The molecule has 8 aliphatic carbocycles. The molecule has 0 N–H and O–H groups in total. The van der Waals surface area contributed by atoms with Crippen molar-refractivity contribution in [3.63, 3.8) is 0 Å². The van der Waals surface area contributed by atoms with Gasteiger partial charge in [0.15, 0.2) is 22.8 Å². The Hall–Kier alpha value is -8.35. The molecule has 0 radical (unpaired) electrons. The lowest BCUT2D eigenvalue weighted by Gasteiger charge is -2.43. The topological polar surface area (TPSA) is 22.6 Å². The van der Waals surface area contributed by atoms with Gasteiger partial charge in [0.2, 0.25) is 34.2 Å². The van der Waals surface area contributed by atoms with Gasteiger partial charge in [0.05, 0.1) is 6.42 Å². The van der Waals surface area contributed by atoms with E-state index in [4.69, 9.17) is 0 Å². The Bertz CT molecular complexity index is 5190. The van der Waals surface area contributed by atoms with Gasteiger partial charge >= 0.3 is 0 Å². The Balaban J connectivity index is 0.000000103. The van der Waals surface area contributed by atoms with Gasteiger partial charge in [0.25, 0.3) is 0 Å². The van der Waals surface area contributed by atoms with Crippen LogP contribution in [0, 0.1) is 34.6 Å². The molecule has 2 aliphatic heterocycles. The first-order valence-corrected chi connectivity index (χ1v) is 41.6. The van der Waals surface area contributed by atoms with E-state index in [-0.39, 0.29) is 10.8 Å². The molecule has 5 aromatic heterocycles. The van der Waals surface area contributed by atoms with Gasteiger partial charge in [-0.15, -0.1) is 0 Å². The summed E-state index contributed by atoms with van der Waals surface area (Å²) in [5.41, 5.74) is 46.7. The summed E-state index contributed by atoms with van der Waals surface area (Å²) in [5, 5.41) is 0. The summed E-state index contributed by atoms with van der Waals surface area (Å²) in [6.45, 7) is 30.7. The summed E-state index contributed by atoms with van der Waals surface area (Å²) in [6, 6.07) is 56.2. The third kappa shape index (κ3) is 12.7. The molecule has 10 aliphatic rings. The van der Waals surface area contributed by atoms with E-state index >= 15 is 0 Å². The molecule has 20 rings (SSSR count). The van der Waals surface area contributed by atoms with Gasteiger partial charge in [0, 0.05) is 118 Å². The van der Waals surface area contributed by atoms with Crippen LogP contribution in [0.5, 0.6) is 0 Å². The highest BCUT2D eigenvalue weighted by molar-refractivity contribution is 5.71. The van der Waals surface area contributed by atoms with Gasteiger partial charge in [-0.3, -0.25) is 0 Å². The van der Waals surface area contributed by atoms with E-state index in [9.17, 15) is 0 Å². The van der Waals surface area contributed by atoms with Crippen molar-refractivity contribution < 1.29 is 22.8 Å². The van der Waals surface area contributed by atoms with Crippen LogP contribution in [0.25, 0.3) is 56.3 Å². The highest BCUT2D eigenvalue weighted by Crippen LogP contribution is 2.54. The van der Waals surface area contributed by atoms with Crippen LogP contribution in [0.4, 0.5) is 5.69 Å². The molecular weight excluding hydrogens is 1300 g/mol. The van der Waals surface area contributed by atoms with Gasteiger partial charge in [-0.1, -0.05) is 126 Å². The standard InChI is InChI=1S/C24H32N.C21H26N.C20H24N.C19H22N.C17H19N2/c1-16-9-7-8-10-18(16)20-15-19-21-17(11-13-23(19,2)3)12-14-24(4,5)22(21)25(20)6;1-15-8-4-5-10-17(15)19-14-16-9-6-12-21(2)13-7-11-18(20(16)21)22(19)3;1-14-7-4-5-9-16(14)18-13-15-8-6-11-20(2)12-10-17(19(15)20)21(18)3;1-13-6-4-5-7-15(13)17-12-14-8-10-19(2)11-9-16(18(14)19)20(17)3;1-12-5-3-4-6-14(12)16-11-13-7-9-19-10-8-15(17(13)19)18(16)2/h7-10,15,17H,11-14H2,1-6H3;4-5,8,10,14H,6-7,9,11-13H2,1-3H3;4-5,7,9,13H,6,8,10-12H2,1-3H3;4-7,12H,8-11H2,1-3H3;3-6,11H,7-10H2,1-2H3/q5*+1. The van der Waals surface area contributed by atoms with E-state index in [0.717, 1.165) is 5.92 Å². The zero-order valence-electron chi connectivity index (χ0n) is 68.5. The third-order valence-electron chi connectivity index (χ3n) is 29.0. The second-order valence-corrected chi connectivity index (χ2v) is 36.8. The lowest BCUT2D eigenvalue weighted by molar-refractivity contribution is -0.673. The number of hydrogen-bond donors (Lipinski definition) is 0. The molecule has 0 bridgehead atoms. The molecular formula is C101H123N6+5. The first-order valence-electron chi connectivity index (χ1n) is 41.6. The molecule has 6 heteroatoms. The first kappa shape index (κ1) is 72.8. The quantitative estimate of drug-likeness (QED) is 0.158. The maximum Gasteiger partial charge on any atom is 0.213 e. The molecule has 0 saturated carbocycles. The van der Waals surface area contributed by atoms with Gasteiger partial charge in [-0.2, -0.15) is 22.8 Å². The summed E-state index contributed by atoms with van der Waals surface area (Å²) in [7, 11) is 11.3. The smallest absolute Gasteiger partial charge is 0.213 e. The van der Waals surface area contributed by atoms with Crippen LogP contribution in [-0.4, -0.2) is 13.1 Å². The van der Waals surface area contributed by atoms with E-state index in [1.807, 2.05) is 0 Å². The van der Waals surface area contributed by atoms with Gasteiger partial charge < -0.3 is 4.90 Å². The zero-order chi connectivity index (χ0) is 74.8. The number of nitrogens with zero attached hydrogens (tertiary/aromatic N) is 6. The van der Waals surface area contributed by atoms with Crippen molar-refractivity contribution in [3.05, 3.63) is 258 Å². The van der Waals surface area contributed by atoms with Crippen molar-refractivity contribution in [1.82, 2.24) is 0 Å². The minimum Gasteiger partial charge on any atom is -0.365 e. The second kappa shape index (κ2) is 28.0. The average Bonchev–Trinajstić information content (AvgIpc) is 1.65. The van der Waals surface area contributed by atoms with Crippen LogP contribution in [0.3, 0.4) is 0 Å². The van der Waals surface area contributed by atoms with Gasteiger partial charge in [0.1, 0.15) is 40.9 Å². The predicted molar refractivity (Wildman–Crippen MR) is 442 cm³/mol. The van der Waals surface area contributed by atoms with Gasteiger partial charge in [-0.25, -0.2) is 0 Å². The summed E-state index contributed by atoms with van der Waals surface area (Å²) < 4.78 is 12.3. The molecule has 0 amide bonds. The summed E-state index contributed by atoms with van der Waals surface area (Å²) in [4.78, 5) is 2.55. The average molecular weight is 1420 g/mol. The van der Waals surface area contributed by atoms with Crippen molar-refractivity contribution >= 4 is 5.69 Å². The number of rotatable bonds is 5. The monoisotopic (exact) mass is 1420 g/mol. The highest BCUT2D eigenvalue weighted by atomic mass is 15.2. The molecule has 10 aromatic rings. The van der Waals surface area contributed by atoms with Crippen LogP contribution >= 0.6 is 0 Å². The van der Waals surface area contributed by atoms with E-state index in [2.05, 4.69) is 298 Å². The fraction of sp³-hybridized carbons (Fsp3) is 0.455. The highest BCUT2D eigenvalue weighted by Gasteiger charge is 2.50. The maximum absolute atomic E-state index is 2.55. The minimum atomic E-state index is 0.251. The van der Waals surface area contributed by atoms with E-state index in [0.29, 0.717) is 16.2 Å². The lowest BCUT2D eigenvalue weighted by atomic mass is 9.60. The molecule has 0 spiro atoms. The number of benzene rings is 5. The fourth-order valence-electron chi connectivity index (χ4n) is 22.9. The summed E-state index contributed by atoms with van der Waals surface area (Å²) in [6.07, 6.45) is 27.4. The number of pyridine rings is 5. The molecule has 5 aromatic carbocycles. The summed E-state index contributed by atoms with van der Waals surface area (Å²) in [5.74, 6) is 0.767. The van der Waals surface area contributed by atoms with Crippen molar-refractivity contribution in [2.45, 2.75) is 251 Å². The maximum atomic E-state index is 2.55. The van der Waals surface area contributed by atoms with Crippen molar-refractivity contribution in [3.8, 4) is 56.3 Å². The van der Waals surface area contributed by atoms with Gasteiger partial charge in [-0.05, 0) is 271 Å². The normalized spacial score (nSPS) is 21.9. The Morgan fingerprint density at radius 3 is 1.09 bits per heavy atom. The number of anilines is 1. The Morgan fingerprint density at radius 1 is 0.318 bits per heavy atom. The van der Waals surface area contributed by atoms with E-state index in [1.165, 1.54) is 243 Å². The SMILES string of the molecule is Cc1ccccc1-c1cc2c3c([n+]1C)C(C)(C)CCC3CCC2(C)C.Cc1ccccc1-c1cc2c3c([n+]1C)CCC3(C)CC2.Cc1ccccc1-c1cc2c3c([n+]1C)CCC3(C)CCC2.Cc1ccccc1-c1cc2c3c([n+]1C)CCCC3(C)CCC2.Cc1ccccc1-c1cc2c3c([n+]1C)CCN3CC2.